The van der Waals surface area contributed by atoms with Crippen LogP contribution in [0.4, 0.5) is 5.82 Å². The number of benzene rings is 1. The molecule has 7 nitrogen and oxygen atoms in total. The number of anilines is 1. The number of carbonyl (C=O) groups is 1. The molecule has 8 heteroatoms. The summed E-state index contributed by atoms with van der Waals surface area (Å²) in [6, 6.07) is 6.33. The zero-order chi connectivity index (χ0) is 19.0. The van der Waals surface area contributed by atoms with Gasteiger partial charge in [0.15, 0.2) is 0 Å². The average Bonchev–Trinajstić information content (AvgIpc) is 3.31. The van der Waals surface area contributed by atoms with Gasteiger partial charge in [-0.25, -0.2) is 13.1 Å². The molecule has 1 aromatic carbocycles. The number of nitrogens with one attached hydrogen (secondary N) is 1. The van der Waals surface area contributed by atoms with Crippen LogP contribution in [0.3, 0.4) is 0 Å². The molecule has 1 N–H and O–H groups in total. The van der Waals surface area contributed by atoms with Crippen LogP contribution >= 0.6 is 0 Å². The highest BCUT2D eigenvalue weighted by Gasteiger charge is 2.34. The summed E-state index contributed by atoms with van der Waals surface area (Å²) < 4.78 is 30.1. The van der Waals surface area contributed by atoms with E-state index in [-0.39, 0.29) is 10.8 Å². The van der Waals surface area contributed by atoms with Crippen LogP contribution in [-0.4, -0.2) is 36.7 Å². The molecule has 1 amide bonds. The minimum absolute atomic E-state index is 0.221. The van der Waals surface area contributed by atoms with Crippen LogP contribution in [0.25, 0.3) is 0 Å². The van der Waals surface area contributed by atoms with Crippen molar-refractivity contribution < 1.29 is 13.2 Å². The first-order valence-corrected chi connectivity index (χ1v) is 11.0. The number of amides is 1. The third-order valence-corrected chi connectivity index (χ3v) is 6.86. The van der Waals surface area contributed by atoms with Crippen molar-refractivity contribution in [3.05, 3.63) is 41.6 Å². The smallest absolute Gasteiger partial charge is 0.246 e. The van der Waals surface area contributed by atoms with E-state index >= 15 is 0 Å². The van der Waals surface area contributed by atoms with Gasteiger partial charge < -0.3 is 0 Å². The molecule has 0 radical (unpaired) electrons. The van der Waals surface area contributed by atoms with E-state index in [1.807, 2.05) is 13.0 Å². The molecule has 144 valence electrons. The van der Waals surface area contributed by atoms with Crippen LogP contribution in [0.2, 0.25) is 0 Å². The summed E-state index contributed by atoms with van der Waals surface area (Å²) in [7, 11) is -3.74. The molecule has 2 aliphatic rings. The van der Waals surface area contributed by atoms with Crippen LogP contribution in [0.15, 0.2) is 35.4 Å². The Morgan fingerprint density at radius 2 is 2.00 bits per heavy atom. The second-order valence-corrected chi connectivity index (χ2v) is 8.81. The molecule has 1 aliphatic carbocycles. The summed E-state index contributed by atoms with van der Waals surface area (Å²) in [6.45, 7) is 3.18. The fourth-order valence-corrected chi connectivity index (χ4v) is 5.26. The van der Waals surface area contributed by atoms with Gasteiger partial charge in [0.2, 0.25) is 15.9 Å². The third-order valence-electron chi connectivity index (χ3n) is 5.39. The summed E-state index contributed by atoms with van der Waals surface area (Å²) >= 11 is 0. The minimum atomic E-state index is -3.74. The lowest BCUT2D eigenvalue weighted by atomic mass is 10.1. The first-order chi connectivity index (χ1) is 13.0. The SMILES string of the molecule is CCn1nccc1N1CCC[C@H](NS(=O)(=O)c2ccc3c(c2)CCC3)C1=O. The maximum Gasteiger partial charge on any atom is 0.246 e. The van der Waals surface area contributed by atoms with E-state index in [4.69, 9.17) is 0 Å². The Hall–Kier alpha value is -2.19. The fraction of sp³-hybridized carbons (Fsp3) is 0.474. The first-order valence-electron chi connectivity index (χ1n) is 9.47. The molecule has 1 fully saturated rings. The fourth-order valence-electron chi connectivity index (χ4n) is 3.98. The highest BCUT2D eigenvalue weighted by atomic mass is 32.2. The van der Waals surface area contributed by atoms with E-state index in [1.54, 1.807) is 34.0 Å². The maximum atomic E-state index is 12.9. The van der Waals surface area contributed by atoms with Gasteiger partial charge in [-0.15, -0.1) is 0 Å². The molecule has 2 aromatic rings. The van der Waals surface area contributed by atoms with Crippen molar-refractivity contribution in [1.82, 2.24) is 14.5 Å². The quantitative estimate of drug-likeness (QED) is 0.847. The second-order valence-electron chi connectivity index (χ2n) is 7.10. The van der Waals surface area contributed by atoms with Crippen LogP contribution in [0.1, 0.15) is 37.3 Å². The summed E-state index contributed by atoms with van der Waals surface area (Å²) in [6.07, 6.45) is 5.87. The summed E-state index contributed by atoms with van der Waals surface area (Å²) in [4.78, 5) is 14.8. The Labute approximate surface area is 159 Å². The number of fused-ring (bicyclic) bond motifs is 1. The van der Waals surface area contributed by atoms with E-state index in [2.05, 4.69) is 9.82 Å². The van der Waals surface area contributed by atoms with Gasteiger partial charge in [0.05, 0.1) is 11.1 Å². The lowest BCUT2D eigenvalue weighted by molar-refractivity contribution is -0.121. The first kappa shape index (κ1) is 18.2. The standard InChI is InChI=1S/C19H24N4O3S/c1-2-23-18(10-11-20-23)22-12-4-7-17(19(22)24)21-27(25,26)16-9-8-14-5-3-6-15(14)13-16/h8-11,13,17,21H,2-7,12H2,1H3/t17-/m0/s1. The molecule has 1 aromatic heterocycles. The minimum Gasteiger partial charge on any atom is -0.296 e. The highest BCUT2D eigenvalue weighted by Crippen LogP contribution is 2.26. The Kier molecular flexibility index (Phi) is 4.77. The van der Waals surface area contributed by atoms with E-state index in [9.17, 15) is 13.2 Å². The van der Waals surface area contributed by atoms with Crippen molar-refractivity contribution in [2.24, 2.45) is 0 Å². The molecule has 1 aliphatic heterocycles. The van der Waals surface area contributed by atoms with Crippen molar-refractivity contribution in [3.8, 4) is 0 Å². The van der Waals surface area contributed by atoms with Crippen LogP contribution in [0, 0.1) is 0 Å². The van der Waals surface area contributed by atoms with E-state index < -0.39 is 16.1 Å². The Balaban J connectivity index is 1.55. The van der Waals surface area contributed by atoms with Crippen molar-refractivity contribution in [2.45, 2.75) is 56.5 Å². The van der Waals surface area contributed by atoms with Crippen molar-refractivity contribution in [2.75, 3.05) is 11.4 Å². The van der Waals surface area contributed by atoms with Crippen LogP contribution in [0.5, 0.6) is 0 Å². The molecular weight excluding hydrogens is 364 g/mol. The van der Waals surface area contributed by atoms with Gasteiger partial charge in [-0.3, -0.25) is 9.69 Å². The molecule has 1 atom stereocenters. The van der Waals surface area contributed by atoms with Gasteiger partial charge in [-0.05, 0) is 62.3 Å². The summed E-state index contributed by atoms with van der Waals surface area (Å²) in [5.74, 6) is 0.491. The molecule has 0 bridgehead atoms. The number of sulfonamides is 1. The number of hydrogen-bond donors (Lipinski definition) is 1. The van der Waals surface area contributed by atoms with E-state index in [0.717, 1.165) is 31.2 Å². The van der Waals surface area contributed by atoms with Crippen molar-refractivity contribution in [1.29, 1.82) is 0 Å². The normalized spacial score (nSPS) is 20.1. The number of rotatable bonds is 5. The zero-order valence-electron chi connectivity index (χ0n) is 15.4. The number of hydrogen-bond acceptors (Lipinski definition) is 4. The molecule has 0 spiro atoms. The third kappa shape index (κ3) is 3.39. The number of nitrogens with zero attached hydrogens (tertiary/aromatic N) is 3. The molecule has 27 heavy (non-hydrogen) atoms. The highest BCUT2D eigenvalue weighted by molar-refractivity contribution is 7.89. The van der Waals surface area contributed by atoms with E-state index in [1.165, 1.54) is 5.56 Å². The molecule has 0 unspecified atom stereocenters. The molecule has 1 saturated heterocycles. The summed E-state index contributed by atoms with van der Waals surface area (Å²) in [5, 5.41) is 4.21. The van der Waals surface area contributed by atoms with Gasteiger partial charge in [0, 0.05) is 19.2 Å². The van der Waals surface area contributed by atoms with Gasteiger partial charge >= 0.3 is 0 Å². The Morgan fingerprint density at radius 1 is 1.19 bits per heavy atom. The van der Waals surface area contributed by atoms with Gasteiger partial charge in [0.1, 0.15) is 11.9 Å². The predicted molar refractivity (Wildman–Crippen MR) is 102 cm³/mol. The van der Waals surface area contributed by atoms with Gasteiger partial charge in [0.25, 0.3) is 0 Å². The number of aromatic nitrogens is 2. The van der Waals surface area contributed by atoms with Crippen LogP contribution < -0.4 is 9.62 Å². The zero-order valence-corrected chi connectivity index (χ0v) is 16.2. The molecule has 2 heterocycles. The molecule has 4 rings (SSSR count). The van der Waals surface area contributed by atoms with E-state index in [0.29, 0.717) is 25.3 Å². The monoisotopic (exact) mass is 388 g/mol. The molecular formula is C19H24N4O3S. The van der Waals surface area contributed by atoms with Crippen molar-refractivity contribution >= 4 is 21.7 Å². The second kappa shape index (κ2) is 7.09. The number of piperidine rings is 1. The number of aryl methyl sites for hydroxylation is 3. The lowest BCUT2D eigenvalue weighted by Crippen LogP contribution is -2.52. The topological polar surface area (TPSA) is 84.3 Å². The Morgan fingerprint density at radius 3 is 2.81 bits per heavy atom. The molecule has 0 saturated carbocycles. The van der Waals surface area contributed by atoms with Gasteiger partial charge in [-0.2, -0.15) is 9.82 Å². The maximum absolute atomic E-state index is 12.9. The average molecular weight is 388 g/mol. The summed E-state index contributed by atoms with van der Waals surface area (Å²) in [5.41, 5.74) is 2.32. The predicted octanol–water partition coefficient (Wildman–Crippen LogP) is 1.87. The van der Waals surface area contributed by atoms with Crippen molar-refractivity contribution in [3.63, 3.8) is 0 Å². The Bertz CT molecular complexity index is 967. The number of carbonyl (C=O) groups excluding carboxylic acids is 1. The lowest BCUT2D eigenvalue weighted by Gasteiger charge is -2.32. The van der Waals surface area contributed by atoms with Crippen LogP contribution in [-0.2, 0) is 34.2 Å². The largest absolute Gasteiger partial charge is 0.296 e. The van der Waals surface area contributed by atoms with Gasteiger partial charge in [-0.1, -0.05) is 6.07 Å².